The Hall–Kier alpha value is -0.518. The number of hydrogen-bond donors (Lipinski definition) is 1. The number of aromatic nitrogens is 1. The van der Waals surface area contributed by atoms with Crippen molar-refractivity contribution in [1.29, 1.82) is 0 Å². The van der Waals surface area contributed by atoms with Gasteiger partial charge in [-0.05, 0) is 52.2 Å². The Morgan fingerprint density at radius 2 is 1.84 bits per heavy atom. The average Bonchev–Trinajstić information content (AvgIpc) is 2.55. The van der Waals surface area contributed by atoms with Crippen molar-refractivity contribution < 1.29 is 52.5 Å². The minimum atomic E-state index is -3.67. The standard InChI is InChI=1S/C17H15BrN3O2S.Ac/c18-16-3-1-2-13-10-14(11-20-17(13)16)21-24(22,23)15-6-4-12(5-7-15)8-9-19;/h1-7,10-11,19,21H,8-9H2;/q-1;. The van der Waals surface area contributed by atoms with Gasteiger partial charge in [0.1, 0.15) is 0 Å². The van der Waals surface area contributed by atoms with Gasteiger partial charge in [0, 0.05) is 53.9 Å². The van der Waals surface area contributed by atoms with Gasteiger partial charge in [-0.25, -0.2) is 8.42 Å². The molecule has 0 unspecified atom stereocenters. The van der Waals surface area contributed by atoms with Crippen molar-refractivity contribution in [2.24, 2.45) is 0 Å². The van der Waals surface area contributed by atoms with Crippen LogP contribution in [0.4, 0.5) is 5.69 Å². The van der Waals surface area contributed by atoms with E-state index in [1.807, 2.05) is 18.2 Å². The molecule has 1 heterocycles. The molecule has 8 heteroatoms. The van der Waals surface area contributed by atoms with Crippen molar-refractivity contribution in [2.45, 2.75) is 11.3 Å². The molecule has 3 aromatic rings. The van der Waals surface area contributed by atoms with E-state index >= 15 is 0 Å². The number of nitrogens with zero attached hydrogens (tertiary/aromatic N) is 1. The minimum absolute atomic E-state index is 0. The summed E-state index contributed by atoms with van der Waals surface area (Å²) in [5.74, 6) is 0. The summed E-state index contributed by atoms with van der Waals surface area (Å²) >= 11 is 3.42. The number of nitrogens with one attached hydrogen (secondary N) is 2. The maximum atomic E-state index is 12.5. The second kappa shape index (κ2) is 8.92. The van der Waals surface area contributed by atoms with Gasteiger partial charge in [0.15, 0.2) is 0 Å². The molecular formula is C17H15AcBrN3O2S-. The second-order valence-electron chi connectivity index (χ2n) is 5.28. The summed E-state index contributed by atoms with van der Waals surface area (Å²) in [7, 11) is -3.67. The molecule has 0 saturated carbocycles. The summed E-state index contributed by atoms with van der Waals surface area (Å²) in [6.07, 6.45) is 2.11. The van der Waals surface area contributed by atoms with Crippen LogP contribution in [0.15, 0.2) is 64.1 Å². The SMILES string of the molecule is [Ac].[NH-]CCc1ccc(S(=O)(=O)Nc2cnc3c(Br)cccc3c2)cc1. The van der Waals surface area contributed by atoms with Crippen LogP contribution in [-0.4, -0.2) is 19.9 Å². The van der Waals surface area contributed by atoms with Gasteiger partial charge >= 0.3 is 0 Å². The Balaban J connectivity index is 0.00000225. The van der Waals surface area contributed by atoms with Crippen LogP contribution in [0.3, 0.4) is 0 Å². The fourth-order valence-corrected chi connectivity index (χ4v) is 3.89. The molecule has 127 valence electrons. The van der Waals surface area contributed by atoms with E-state index in [-0.39, 0.29) is 55.5 Å². The molecule has 0 bridgehead atoms. The Morgan fingerprint density at radius 1 is 1.12 bits per heavy atom. The molecule has 3 rings (SSSR count). The summed E-state index contributed by atoms with van der Waals surface area (Å²) in [4.78, 5) is 4.49. The smallest absolute Gasteiger partial charge is 0.261 e. The van der Waals surface area contributed by atoms with Crippen LogP contribution in [0, 0.1) is 44.1 Å². The van der Waals surface area contributed by atoms with E-state index in [0.717, 1.165) is 20.9 Å². The molecule has 2 aromatic carbocycles. The number of halogens is 1. The Morgan fingerprint density at radius 3 is 2.52 bits per heavy atom. The van der Waals surface area contributed by atoms with Gasteiger partial charge in [0.05, 0.1) is 22.3 Å². The monoisotopic (exact) mass is 631 g/mol. The number of para-hydroxylation sites is 1. The largest absolute Gasteiger partial charge is 0.677 e. The number of hydrogen-bond acceptors (Lipinski definition) is 3. The van der Waals surface area contributed by atoms with Crippen molar-refractivity contribution in [2.75, 3.05) is 11.3 Å². The maximum absolute atomic E-state index is 12.5. The van der Waals surface area contributed by atoms with E-state index in [4.69, 9.17) is 5.73 Å². The molecule has 0 spiro atoms. The van der Waals surface area contributed by atoms with Crippen LogP contribution in [0.5, 0.6) is 0 Å². The number of rotatable bonds is 5. The van der Waals surface area contributed by atoms with E-state index in [1.54, 1.807) is 30.3 Å². The van der Waals surface area contributed by atoms with E-state index in [2.05, 4.69) is 25.6 Å². The Bertz CT molecular complexity index is 979. The molecule has 5 nitrogen and oxygen atoms in total. The predicted octanol–water partition coefficient (Wildman–Crippen LogP) is 4.39. The van der Waals surface area contributed by atoms with E-state index < -0.39 is 10.0 Å². The maximum Gasteiger partial charge on any atom is 0.261 e. The molecule has 1 radical (unpaired) electrons. The number of pyridine rings is 1. The van der Waals surface area contributed by atoms with Crippen molar-refractivity contribution in [3.8, 4) is 0 Å². The zero-order valence-corrected chi connectivity index (χ0v) is 20.4. The van der Waals surface area contributed by atoms with Gasteiger partial charge in [-0.2, -0.15) is 0 Å². The normalized spacial score (nSPS) is 11.1. The minimum Gasteiger partial charge on any atom is -0.677 e. The summed E-state index contributed by atoms with van der Waals surface area (Å²) in [6.45, 7) is 0.280. The van der Waals surface area contributed by atoms with Crippen LogP contribution in [0.1, 0.15) is 5.56 Å². The third-order valence-corrected chi connectivity index (χ3v) is 5.60. The van der Waals surface area contributed by atoms with Crippen molar-refractivity contribution in [3.05, 3.63) is 70.5 Å². The molecule has 0 atom stereocenters. The molecule has 0 fully saturated rings. The van der Waals surface area contributed by atoms with Crippen LogP contribution in [-0.2, 0) is 16.4 Å². The first-order valence-corrected chi connectivity index (χ1v) is 9.58. The van der Waals surface area contributed by atoms with Gasteiger partial charge < -0.3 is 5.73 Å². The number of sulfonamides is 1. The van der Waals surface area contributed by atoms with Crippen LogP contribution in [0.25, 0.3) is 16.6 Å². The molecule has 0 aliphatic carbocycles. The first-order chi connectivity index (χ1) is 11.5. The summed E-state index contributed by atoms with van der Waals surface area (Å²) in [5, 5.41) is 0.843. The molecular weight excluding hydrogens is 617 g/mol. The average molecular weight is 632 g/mol. The van der Waals surface area contributed by atoms with Crippen molar-refractivity contribution >= 4 is 42.5 Å². The Labute approximate surface area is 191 Å². The zero-order chi connectivity index (χ0) is 17.2. The third-order valence-electron chi connectivity index (χ3n) is 3.56. The van der Waals surface area contributed by atoms with Gasteiger partial charge in [0.25, 0.3) is 10.0 Å². The fraction of sp³-hybridized carbons (Fsp3) is 0.118. The van der Waals surface area contributed by atoms with E-state index in [1.165, 1.54) is 6.20 Å². The quantitative estimate of drug-likeness (QED) is 0.453. The van der Waals surface area contributed by atoms with Gasteiger partial charge in [-0.15, -0.1) is 6.54 Å². The van der Waals surface area contributed by atoms with Crippen molar-refractivity contribution in [3.63, 3.8) is 0 Å². The van der Waals surface area contributed by atoms with Gasteiger partial charge in [0.2, 0.25) is 0 Å². The zero-order valence-electron chi connectivity index (χ0n) is 13.2. The van der Waals surface area contributed by atoms with Gasteiger partial charge in [-0.1, -0.05) is 24.3 Å². The van der Waals surface area contributed by atoms with E-state index in [0.29, 0.717) is 12.1 Å². The summed E-state index contributed by atoms with van der Waals surface area (Å²) < 4.78 is 28.4. The summed E-state index contributed by atoms with van der Waals surface area (Å²) in [5.41, 5.74) is 9.34. The van der Waals surface area contributed by atoms with E-state index in [9.17, 15) is 8.42 Å². The molecule has 1 aromatic heterocycles. The Kier molecular flexibility index (Phi) is 7.42. The number of anilines is 1. The van der Waals surface area contributed by atoms with Crippen LogP contribution in [0.2, 0.25) is 0 Å². The number of fused-ring (bicyclic) bond motifs is 1. The molecule has 25 heavy (non-hydrogen) atoms. The second-order valence-corrected chi connectivity index (χ2v) is 7.82. The molecule has 0 aliphatic heterocycles. The first kappa shape index (κ1) is 20.8. The number of benzene rings is 2. The summed E-state index contributed by atoms with van der Waals surface area (Å²) in [6, 6.07) is 14.0. The first-order valence-electron chi connectivity index (χ1n) is 7.30. The topological polar surface area (TPSA) is 82.9 Å². The third kappa shape index (κ3) is 5.02. The molecule has 0 aliphatic rings. The predicted molar refractivity (Wildman–Crippen MR) is 99.6 cm³/mol. The molecule has 0 amide bonds. The molecule has 0 saturated heterocycles. The van der Waals surface area contributed by atoms with Crippen molar-refractivity contribution in [1.82, 2.24) is 4.98 Å². The van der Waals surface area contributed by atoms with Crippen LogP contribution < -0.4 is 4.72 Å². The fourth-order valence-electron chi connectivity index (χ4n) is 2.37. The van der Waals surface area contributed by atoms with Gasteiger partial charge in [-0.3, -0.25) is 9.71 Å². The molecule has 2 N–H and O–H groups in total. The van der Waals surface area contributed by atoms with Crippen LogP contribution >= 0.6 is 15.9 Å².